The molecular weight excluding hydrogens is 198 g/mol. The molecule has 0 radical (unpaired) electrons. The lowest BCUT2D eigenvalue weighted by atomic mass is 9.76. The Labute approximate surface area is 98.7 Å². The highest BCUT2D eigenvalue weighted by atomic mass is 16.1. The Kier molecular flexibility index (Phi) is 3.48. The number of carbonyl (C=O) groups is 1. The molecule has 0 aromatic heterocycles. The van der Waals surface area contributed by atoms with E-state index in [1.54, 1.807) is 0 Å². The summed E-state index contributed by atoms with van der Waals surface area (Å²) in [6.07, 6.45) is 8.47. The van der Waals surface area contributed by atoms with Crippen molar-refractivity contribution in [3.8, 4) is 0 Å². The van der Waals surface area contributed by atoms with Gasteiger partial charge in [0.2, 0.25) is 0 Å². The van der Waals surface area contributed by atoms with Crippen LogP contribution in [0.25, 0.3) is 0 Å². The van der Waals surface area contributed by atoms with E-state index >= 15 is 0 Å². The average Bonchev–Trinajstić information content (AvgIpc) is 2.68. The predicted molar refractivity (Wildman–Crippen MR) is 66.4 cm³/mol. The highest BCUT2D eigenvalue weighted by molar-refractivity contribution is 5.93. The first-order chi connectivity index (χ1) is 7.75. The number of rotatable bonds is 3. The predicted octanol–water partition coefficient (Wildman–Crippen LogP) is 2.93. The number of allylic oxidation sites excluding steroid dienone is 1. The molecule has 0 N–H and O–H groups in total. The van der Waals surface area contributed by atoms with E-state index in [4.69, 9.17) is 0 Å². The minimum absolute atomic E-state index is 0.178. The van der Waals surface area contributed by atoms with Crippen LogP contribution in [0.4, 0.5) is 0 Å². The van der Waals surface area contributed by atoms with Crippen LogP contribution in [0.3, 0.4) is 0 Å². The molecule has 2 rings (SSSR count). The van der Waals surface area contributed by atoms with Crippen LogP contribution in [0, 0.1) is 0 Å². The Balaban J connectivity index is 2.34. The van der Waals surface area contributed by atoms with Gasteiger partial charge in [0, 0.05) is 6.42 Å². The maximum absolute atomic E-state index is 12.4. The Morgan fingerprint density at radius 1 is 1.44 bits per heavy atom. The Morgan fingerprint density at radius 3 is 2.94 bits per heavy atom. The Morgan fingerprint density at radius 2 is 2.25 bits per heavy atom. The van der Waals surface area contributed by atoms with Gasteiger partial charge in [0.1, 0.15) is 5.54 Å². The van der Waals surface area contributed by atoms with Gasteiger partial charge in [-0.05, 0) is 50.8 Å². The van der Waals surface area contributed by atoms with Crippen LogP contribution in [-0.2, 0) is 4.79 Å². The number of ketones is 1. The van der Waals surface area contributed by atoms with Gasteiger partial charge in [-0.2, -0.15) is 0 Å². The molecule has 0 saturated carbocycles. The number of likely N-dealkylation sites (tertiary alicyclic amines) is 1. The molecule has 2 heteroatoms. The SMILES string of the molecule is CCCN1CCCC12C(=O)CCC=C2CC. The molecule has 0 aromatic rings. The van der Waals surface area contributed by atoms with Crippen LogP contribution in [0.15, 0.2) is 11.6 Å². The fraction of sp³-hybridized carbons (Fsp3) is 0.786. The molecule has 1 atom stereocenters. The molecule has 1 fully saturated rings. The van der Waals surface area contributed by atoms with Crippen molar-refractivity contribution >= 4 is 5.78 Å². The maximum Gasteiger partial charge on any atom is 0.157 e. The fourth-order valence-corrected chi connectivity index (χ4v) is 3.50. The smallest absolute Gasteiger partial charge is 0.157 e. The van der Waals surface area contributed by atoms with Crippen molar-refractivity contribution in [2.75, 3.05) is 13.1 Å². The van der Waals surface area contributed by atoms with Gasteiger partial charge in [-0.25, -0.2) is 0 Å². The number of carbonyl (C=O) groups excluding carboxylic acids is 1. The summed E-state index contributed by atoms with van der Waals surface area (Å²) in [5, 5.41) is 0. The number of hydrogen-bond donors (Lipinski definition) is 0. The molecule has 16 heavy (non-hydrogen) atoms. The van der Waals surface area contributed by atoms with Crippen molar-refractivity contribution in [3.63, 3.8) is 0 Å². The lowest BCUT2D eigenvalue weighted by molar-refractivity contribution is -0.128. The van der Waals surface area contributed by atoms with E-state index in [1.807, 2.05) is 0 Å². The molecular formula is C14H23NO. The quantitative estimate of drug-likeness (QED) is 0.683. The first-order valence-corrected chi connectivity index (χ1v) is 6.73. The van der Waals surface area contributed by atoms with Crippen LogP contribution < -0.4 is 0 Å². The van der Waals surface area contributed by atoms with Gasteiger partial charge in [0.15, 0.2) is 5.78 Å². The molecule has 1 heterocycles. The lowest BCUT2D eigenvalue weighted by Gasteiger charge is -2.41. The van der Waals surface area contributed by atoms with Gasteiger partial charge in [0.05, 0.1) is 0 Å². The summed E-state index contributed by atoms with van der Waals surface area (Å²) in [5.41, 5.74) is 1.22. The Bertz CT molecular complexity index is 308. The van der Waals surface area contributed by atoms with Crippen molar-refractivity contribution in [1.82, 2.24) is 4.90 Å². The molecule has 1 saturated heterocycles. The number of Topliss-reactive ketones (excluding diaryl/α,β-unsaturated/α-hetero) is 1. The van der Waals surface area contributed by atoms with Crippen molar-refractivity contribution in [3.05, 3.63) is 11.6 Å². The molecule has 0 amide bonds. The standard InChI is InChI=1S/C14H23NO/c1-3-10-15-11-6-9-14(15)12(4-2)7-5-8-13(14)16/h7H,3-6,8-11H2,1-2H3. The van der Waals surface area contributed by atoms with Crippen molar-refractivity contribution in [1.29, 1.82) is 0 Å². The summed E-state index contributed by atoms with van der Waals surface area (Å²) >= 11 is 0. The third-order valence-electron chi connectivity index (χ3n) is 4.14. The topological polar surface area (TPSA) is 20.3 Å². The summed E-state index contributed by atoms with van der Waals surface area (Å²) < 4.78 is 0. The van der Waals surface area contributed by atoms with Gasteiger partial charge in [-0.3, -0.25) is 9.69 Å². The number of hydrogen-bond acceptors (Lipinski definition) is 2. The maximum atomic E-state index is 12.4. The normalized spacial score (nSPS) is 31.1. The minimum atomic E-state index is -0.178. The molecule has 0 bridgehead atoms. The van der Waals surface area contributed by atoms with E-state index in [0.717, 1.165) is 45.2 Å². The van der Waals surface area contributed by atoms with Gasteiger partial charge in [-0.1, -0.05) is 19.9 Å². The van der Waals surface area contributed by atoms with Crippen LogP contribution in [-0.4, -0.2) is 29.3 Å². The van der Waals surface area contributed by atoms with Gasteiger partial charge in [-0.15, -0.1) is 0 Å². The third kappa shape index (κ3) is 1.64. The first kappa shape index (κ1) is 11.8. The summed E-state index contributed by atoms with van der Waals surface area (Å²) in [4.78, 5) is 14.8. The zero-order valence-electron chi connectivity index (χ0n) is 10.6. The van der Waals surface area contributed by atoms with E-state index in [-0.39, 0.29) is 5.54 Å². The molecule has 1 spiro atoms. The Hall–Kier alpha value is -0.630. The molecule has 90 valence electrons. The fourth-order valence-electron chi connectivity index (χ4n) is 3.50. The zero-order chi connectivity index (χ0) is 11.6. The van der Waals surface area contributed by atoms with Crippen LogP contribution >= 0.6 is 0 Å². The van der Waals surface area contributed by atoms with E-state index in [0.29, 0.717) is 5.78 Å². The van der Waals surface area contributed by atoms with E-state index in [2.05, 4.69) is 24.8 Å². The second kappa shape index (κ2) is 4.70. The summed E-state index contributed by atoms with van der Waals surface area (Å²) in [6, 6.07) is 0. The van der Waals surface area contributed by atoms with Gasteiger partial charge in [0.25, 0.3) is 0 Å². The van der Waals surface area contributed by atoms with E-state index in [1.165, 1.54) is 12.0 Å². The zero-order valence-corrected chi connectivity index (χ0v) is 10.6. The van der Waals surface area contributed by atoms with Gasteiger partial charge >= 0.3 is 0 Å². The molecule has 2 nitrogen and oxygen atoms in total. The summed E-state index contributed by atoms with van der Waals surface area (Å²) in [5.74, 6) is 0.484. The minimum Gasteiger partial charge on any atom is -0.297 e. The second-order valence-electron chi connectivity index (χ2n) is 5.00. The van der Waals surface area contributed by atoms with Crippen molar-refractivity contribution in [2.24, 2.45) is 0 Å². The number of nitrogens with zero attached hydrogens (tertiary/aromatic N) is 1. The van der Waals surface area contributed by atoms with Crippen molar-refractivity contribution < 1.29 is 4.79 Å². The first-order valence-electron chi connectivity index (χ1n) is 6.73. The largest absolute Gasteiger partial charge is 0.297 e. The van der Waals surface area contributed by atoms with E-state index < -0.39 is 0 Å². The highest BCUT2D eigenvalue weighted by Crippen LogP contribution is 2.41. The summed E-state index contributed by atoms with van der Waals surface area (Å²) in [7, 11) is 0. The molecule has 2 aliphatic rings. The second-order valence-corrected chi connectivity index (χ2v) is 5.00. The molecule has 1 unspecified atom stereocenters. The van der Waals surface area contributed by atoms with E-state index in [9.17, 15) is 4.79 Å². The average molecular weight is 221 g/mol. The lowest BCUT2D eigenvalue weighted by Crippen LogP contribution is -2.53. The molecule has 0 aromatic carbocycles. The molecule has 1 aliphatic carbocycles. The van der Waals surface area contributed by atoms with Crippen LogP contribution in [0.1, 0.15) is 52.4 Å². The highest BCUT2D eigenvalue weighted by Gasteiger charge is 2.49. The third-order valence-corrected chi connectivity index (χ3v) is 4.14. The van der Waals surface area contributed by atoms with Crippen LogP contribution in [0.2, 0.25) is 0 Å². The summed E-state index contributed by atoms with van der Waals surface area (Å²) in [6.45, 7) is 6.57. The monoisotopic (exact) mass is 221 g/mol. The van der Waals surface area contributed by atoms with Crippen LogP contribution in [0.5, 0.6) is 0 Å². The van der Waals surface area contributed by atoms with Gasteiger partial charge < -0.3 is 0 Å². The van der Waals surface area contributed by atoms with Crippen molar-refractivity contribution in [2.45, 2.75) is 57.9 Å². The molecule has 1 aliphatic heterocycles.